The molecule has 0 aliphatic carbocycles. The van der Waals surface area contributed by atoms with Crippen LogP contribution in [0.3, 0.4) is 0 Å². The van der Waals surface area contributed by atoms with Crippen LogP contribution in [0.4, 0.5) is 0 Å². The highest BCUT2D eigenvalue weighted by atomic mass is 79.9. The van der Waals surface area contributed by atoms with Gasteiger partial charge in [0.05, 0.1) is 23.4 Å². The normalized spacial score (nSPS) is 11.2. The highest BCUT2D eigenvalue weighted by Crippen LogP contribution is 2.31. The third-order valence-corrected chi connectivity index (χ3v) is 5.72. The maximum atomic E-state index is 12.4. The van der Waals surface area contributed by atoms with E-state index in [1.54, 1.807) is 30.3 Å². The van der Waals surface area contributed by atoms with Crippen LogP contribution in [0.15, 0.2) is 71.4 Å². The molecule has 2 aromatic carbocycles. The molecule has 0 spiro atoms. The van der Waals surface area contributed by atoms with Crippen LogP contribution in [0.25, 0.3) is 22.3 Å². The summed E-state index contributed by atoms with van der Waals surface area (Å²) in [6, 6.07) is 14.0. The van der Waals surface area contributed by atoms with Gasteiger partial charge >= 0.3 is 11.9 Å². The fraction of sp³-hybridized carbons (Fsp3) is 0.0870. The fourth-order valence-electron chi connectivity index (χ4n) is 3.10. The molecule has 0 unspecified atom stereocenters. The number of hydrogen-bond acceptors (Lipinski definition) is 6. The van der Waals surface area contributed by atoms with Gasteiger partial charge in [0.1, 0.15) is 17.1 Å². The minimum Gasteiger partial charge on any atom is -0.465 e. The van der Waals surface area contributed by atoms with E-state index >= 15 is 0 Å². The van der Waals surface area contributed by atoms with Crippen LogP contribution in [0.1, 0.15) is 32.2 Å². The first-order chi connectivity index (χ1) is 15.4. The molecular formula is C23H16Br2N2O5. The Labute approximate surface area is 199 Å². The summed E-state index contributed by atoms with van der Waals surface area (Å²) in [6.07, 6.45) is 1.38. The Balaban J connectivity index is 1.48. The van der Waals surface area contributed by atoms with Crippen LogP contribution in [-0.2, 0) is 4.74 Å². The first-order valence-electron chi connectivity index (χ1n) is 9.37. The average molecular weight is 560 g/mol. The minimum atomic E-state index is -0.492. The number of furan rings is 2. The summed E-state index contributed by atoms with van der Waals surface area (Å²) in [7, 11) is 1.33. The lowest BCUT2D eigenvalue weighted by molar-refractivity contribution is 0.0600. The van der Waals surface area contributed by atoms with Gasteiger partial charge in [-0.15, -0.1) is 0 Å². The Morgan fingerprint density at radius 3 is 2.66 bits per heavy atom. The highest BCUT2D eigenvalue weighted by Gasteiger charge is 2.15. The average Bonchev–Trinajstić information content (AvgIpc) is 3.41. The molecule has 162 valence electrons. The lowest BCUT2D eigenvalue weighted by Crippen LogP contribution is -2.16. The lowest BCUT2D eigenvalue weighted by atomic mass is 10.0. The van der Waals surface area contributed by atoms with Crippen molar-refractivity contribution in [2.45, 2.75) is 6.92 Å². The topological polar surface area (TPSA) is 94.0 Å². The van der Waals surface area contributed by atoms with Crippen molar-refractivity contribution in [3.8, 4) is 11.3 Å². The lowest BCUT2D eigenvalue weighted by Gasteiger charge is -2.05. The van der Waals surface area contributed by atoms with Crippen LogP contribution < -0.4 is 5.43 Å². The summed E-state index contributed by atoms with van der Waals surface area (Å²) in [5.41, 5.74) is 5.12. The summed E-state index contributed by atoms with van der Waals surface area (Å²) >= 11 is 6.82. The molecule has 2 aromatic heterocycles. The molecule has 7 nitrogen and oxygen atoms in total. The SMILES string of the molecule is COC(=O)c1ccc(C)c(-c2ccc(/C=N\NC(=O)c3cc4cc(Br)cc(Br)c4o3)o2)c1. The number of fused-ring (bicyclic) bond motifs is 1. The smallest absolute Gasteiger partial charge is 0.337 e. The van der Waals surface area contributed by atoms with Gasteiger partial charge in [0.15, 0.2) is 5.76 Å². The van der Waals surface area contributed by atoms with Crippen molar-refractivity contribution in [1.29, 1.82) is 0 Å². The van der Waals surface area contributed by atoms with E-state index in [1.807, 2.05) is 25.1 Å². The first-order valence-corrected chi connectivity index (χ1v) is 11.0. The highest BCUT2D eigenvalue weighted by molar-refractivity contribution is 9.11. The maximum absolute atomic E-state index is 12.4. The number of nitrogens with zero attached hydrogens (tertiary/aromatic N) is 1. The van der Waals surface area contributed by atoms with E-state index < -0.39 is 11.9 Å². The number of amides is 1. The molecular weight excluding hydrogens is 544 g/mol. The van der Waals surface area contributed by atoms with Crippen LogP contribution in [-0.4, -0.2) is 25.2 Å². The van der Waals surface area contributed by atoms with Crippen molar-refractivity contribution in [3.05, 3.63) is 80.1 Å². The number of rotatable bonds is 5. The van der Waals surface area contributed by atoms with E-state index in [4.69, 9.17) is 13.6 Å². The van der Waals surface area contributed by atoms with E-state index in [2.05, 4.69) is 42.4 Å². The number of ether oxygens (including phenoxy) is 1. The Morgan fingerprint density at radius 2 is 1.88 bits per heavy atom. The van der Waals surface area contributed by atoms with E-state index in [9.17, 15) is 9.59 Å². The van der Waals surface area contributed by atoms with E-state index in [-0.39, 0.29) is 5.76 Å². The van der Waals surface area contributed by atoms with Gasteiger partial charge in [-0.25, -0.2) is 10.2 Å². The quantitative estimate of drug-likeness (QED) is 0.182. The van der Waals surface area contributed by atoms with Gasteiger partial charge in [0.25, 0.3) is 0 Å². The molecule has 9 heteroatoms. The molecule has 0 saturated carbocycles. The van der Waals surface area contributed by atoms with Gasteiger partial charge in [-0.3, -0.25) is 4.79 Å². The second-order valence-corrected chi connectivity index (χ2v) is 8.61. The number of esters is 1. The maximum Gasteiger partial charge on any atom is 0.337 e. The number of methoxy groups -OCH3 is 1. The van der Waals surface area contributed by atoms with E-state index in [1.165, 1.54) is 13.3 Å². The minimum absolute atomic E-state index is 0.131. The van der Waals surface area contributed by atoms with E-state index in [0.29, 0.717) is 22.7 Å². The predicted octanol–water partition coefficient (Wildman–Crippen LogP) is 6.08. The molecule has 4 aromatic rings. The Morgan fingerprint density at radius 1 is 1.06 bits per heavy atom. The largest absolute Gasteiger partial charge is 0.465 e. The predicted molar refractivity (Wildman–Crippen MR) is 127 cm³/mol. The first kappa shape index (κ1) is 22.0. The van der Waals surface area contributed by atoms with Crippen LogP contribution in [0.5, 0.6) is 0 Å². The van der Waals surface area contributed by atoms with Crippen molar-refractivity contribution in [3.63, 3.8) is 0 Å². The zero-order chi connectivity index (χ0) is 22.8. The fourth-order valence-corrected chi connectivity index (χ4v) is 4.44. The standard InChI is InChI=1S/C23H16Br2N2O5/c1-12-3-4-13(23(29)30-2)8-17(12)19-6-5-16(31-19)11-26-27-22(28)20-9-14-7-15(24)10-18(25)21(14)32-20/h3-11H,1-2H3,(H,27,28)/b26-11-. The van der Waals surface area contributed by atoms with Gasteiger partial charge in [0.2, 0.25) is 0 Å². The number of halogens is 2. The Bertz CT molecular complexity index is 1370. The number of carbonyl (C=O) groups is 2. The van der Waals surface area contributed by atoms with Crippen molar-refractivity contribution >= 4 is 60.9 Å². The molecule has 0 fully saturated rings. The summed E-state index contributed by atoms with van der Waals surface area (Å²) in [5.74, 6) is 0.209. The third kappa shape index (κ3) is 4.53. The van der Waals surface area contributed by atoms with Crippen molar-refractivity contribution in [1.82, 2.24) is 5.43 Å². The molecule has 32 heavy (non-hydrogen) atoms. The van der Waals surface area contributed by atoms with Crippen molar-refractivity contribution < 1.29 is 23.2 Å². The van der Waals surface area contributed by atoms with Crippen molar-refractivity contribution in [2.75, 3.05) is 7.11 Å². The number of hydrogen-bond donors (Lipinski definition) is 1. The van der Waals surface area contributed by atoms with Gasteiger partial charge in [0, 0.05) is 15.4 Å². The molecule has 1 amide bonds. The van der Waals surface area contributed by atoms with Gasteiger partial charge in [-0.05, 0) is 70.9 Å². The molecule has 4 rings (SSSR count). The Hall–Kier alpha value is -3.17. The van der Waals surface area contributed by atoms with E-state index in [0.717, 1.165) is 25.5 Å². The Kier molecular flexibility index (Phi) is 6.29. The second kappa shape index (κ2) is 9.13. The number of nitrogens with one attached hydrogen (secondary N) is 1. The van der Waals surface area contributed by atoms with Gasteiger partial charge < -0.3 is 13.6 Å². The van der Waals surface area contributed by atoms with Crippen LogP contribution >= 0.6 is 31.9 Å². The molecule has 0 bridgehead atoms. The monoisotopic (exact) mass is 558 g/mol. The molecule has 0 atom stereocenters. The molecule has 1 N–H and O–H groups in total. The summed E-state index contributed by atoms with van der Waals surface area (Å²) < 4.78 is 17.8. The molecule has 0 radical (unpaired) electrons. The third-order valence-electron chi connectivity index (χ3n) is 4.67. The number of benzene rings is 2. The number of carbonyl (C=O) groups excluding carboxylic acids is 2. The zero-order valence-electron chi connectivity index (χ0n) is 16.9. The molecule has 0 aliphatic heterocycles. The second-order valence-electron chi connectivity index (χ2n) is 6.84. The van der Waals surface area contributed by atoms with Gasteiger partial charge in [-0.1, -0.05) is 22.0 Å². The number of hydrazone groups is 1. The van der Waals surface area contributed by atoms with Crippen LogP contribution in [0, 0.1) is 6.92 Å². The summed E-state index contributed by atoms with van der Waals surface area (Å²) in [4.78, 5) is 24.2. The van der Waals surface area contributed by atoms with Gasteiger partial charge in [-0.2, -0.15) is 5.10 Å². The summed E-state index contributed by atoms with van der Waals surface area (Å²) in [6.45, 7) is 1.91. The summed E-state index contributed by atoms with van der Waals surface area (Å²) in [5, 5.41) is 4.72. The molecule has 2 heterocycles. The zero-order valence-corrected chi connectivity index (χ0v) is 20.1. The molecule has 0 aliphatic rings. The van der Waals surface area contributed by atoms with Crippen molar-refractivity contribution in [2.24, 2.45) is 5.10 Å². The van der Waals surface area contributed by atoms with Crippen LogP contribution in [0.2, 0.25) is 0 Å². The number of aryl methyl sites for hydroxylation is 1. The molecule has 0 saturated heterocycles.